The molecule has 2 rings (SSSR count). The molecule has 0 spiro atoms. The van der Waals surface area contributed by atoms with Crippen LogP contribution in [-0.4, -0.2) is 5.11 Å². The summed E-state index contributed by atoms with van der Waals surface area (Å²) in [6.45, 7) is 15.1. The lowest BCUT2D eigenvalue weighted by Gasteiger charge is -2.25. The minimum absolute atomic E-state index is 0.0436. The summed E-state index contributed by atoms with van der Waals surface area (Å²) in [7, 11) is 0. The van der Waals surface area contributed by atoms with E-state index in [0.717, 1.165) is 11.1 Å². The molecule has 1 aliphatic carbocycles. The summed E-state index contributed by atoms with van der Waals surface area (Å²) in [5, 5.41) is 10.7. The number of benzene rings is 1. The Balaban J connectivity index is 2.62. The van der Waals surface area contributed by atoms with Crippen molar-refractivity contribution in [2.24, 2.45) is 0 Å². The van der Waals surface area contributed by atoms with Gasteiger partial charge in [0.25, 0.3) is 0 Å². The van der Waals surface area contributed by atoms with Crippen molar-refractivity contribution >= 4 is 0 Å². The Labute approximate surface area is 123 Å². The van der Waals surface area contributed by atoms with Gasteiger partial charge in [-0.2, -0.15) is 0 Å². The van der Waals surface area contributed by atoms with Crippen molar-refractivity contribution in [1.29, 1.82) is 0 Å². The predicted molar refractivity (Wildman–Crippen MR) is 86.3 cm³/mol. The van der Waals surface area contributed by atoms with Crippen molar-refractivity contribution in [2.45, 2.75) is 59.8 Å². The Bertz CT molecular complexity index is 585. The van der Waals surface area contributed by atoms with Gasteiger partial charge in [-0.25, -0.2) is 0 Å². The minimum atomic E-state index is -0.0436. The second kappa shape index (κ2) is 4.80. The van der Waals surface area contributed by atoms with Crippen molar-refractivity contribution < 1.29 is 5.11 Å². The standard InChI is InChI=1S/C19H26O/c1-11-12(2)14(4)17(13(11)3)15-9-8-10-16(18(15)20)19(5,6)7/h8-10,17,20H,1-7H3. The first kappa shape index (κ1) is 14.9. The van der Waals surface area contributed by atoms with E-state index in [4.69, 9.17) is 0 Å². The van der Waals surface area contributed by atoms with Gasteiger partial charge in [-0.3, -0.25) is 0 Å². The van der Waals surface area contributed by atoms with Crippen LogP contribution in [0.15, 0.2) is 40.5 Å². The van der Waals surface area contributed by atoms with E-state index in [1.54, 1.807) is 0 Å². The van der Waals surface area contributed by atoms with Gasteiger partial charge < -0.3 is 5.11 Å². The Hall–Kier alpha value is -1.50. The van der Waals surface area contributed by atoms with Crippen LogP contribution in [0.4, 0.5) is 0 Å². The summed E-state index contributed by atoms with van der Waals surface area (Å²) in [6.07, 6.45) is 0. The third-order valence-electron chi connectivity index (χ3n) is 4.80. The minimum Gasteiger partial charge on any atom is -0.507 e. The van der Waals surface area contributed by atoms with Gasteiger partial charge >= 0.3 is 0 Å². The van der Waals surface area contributed by atoms with Gasteiger partial charge in [-0.05, 0) is 49.8 Å². The Morgan fingerprint density at radius 2 is 1.40 bits per heavy atom. The number of allylic oxidation sites excluding steroid dienone is 4. The van der Waals surface area contributed by atoms with Crippen LogP contribution in [0.25, 0.3) is 0 Å². The molecule has 20 heavy (non-hydrogen) atoms. The number of hydrogen-bond acceptors (Lipinski definition) is 1. The average molecular weight is 270 g/mol. The van der Waals surface area contributed by atoms with Gasteiger partial charge in [0.2, 0.25) is 0 Å². The first-order valence-electron chi connectivity index (χ1n) is 7.33. The number of para-hydroxylation sites is 1. The van der Waals surface area contributed by atoms with Crippen LogP contribution in [0.3, 0.4) is 0 Å². The smallest absolute Gasteiger partial charge is 0.123 e. The molecule has 0 bridgehead atoms. The Kier molecular flexibility index (Phi) is 3.58. The van der Waals surface area contributed by atoms with Crippen LogP contribution in [0.2, 0.25) is 0 Å². The largest absolute Gasteiger partial charge is 0.507 e. The molecule has 108 valence electrons. The molecule has 1 heteroatoms. The molecule has 1 N–H and O–H groups in total. The van der Waals surface area contributed by atoms with E-state index < -0.39 is 0 Å². The van der Waals surface area contributed by atoms with Gasteiger partial charge in [-0.1, -0.05) is 50.1 Å². The first-order chi connectivity index (χ1) is 9.16. The molecule has 1 aliphatic rings. The molecule has 0 aromatic heterocycles. The monoisotopic (exact) mass is 270 g/mol. The van der Waals surface area contributed by atoms with E-state index in [9.17, 15) is 5.11 Å². The lowest BCUT2D eigenvalue weighted by atomic mass is 9.81. The normalized spacial score (nSPS) is 17.4. The first-order valence-corrected chi connectivity index (χ1v) is 7.33. The summed E-state index contributed by atoms with van der Waals surface area (Å²) in [6, 6.07) is 6.17. The molecule has 1 nitrogen and oxygen atoms in total. The number of aromatic hydroxyl groups is 1. The van der Waals surface area contributed by atoms with E-state index in [-0.39, 0.29) is 11.3 Å². The number of hydrogen-bond donors (Lipinski definition) is 1. The molecular formula is C19H26O. The fourth-order valence-electron chi connectivity index (χ4n) is 3.22. The lowest BCUT2D eigenvalue weighted by molar-refractivity contribution is 0.439. The quantitative estimate of drug-likeness (QED) is 0.718. The zero-order valence-electron chi connectivity index (χ0n) is 13.8. The summed E-state index contributed by atoms with van der Waals surface area (Å²) in [5.74, 6) is 0.698. The molecule has 0 aliphatic heterocycles. The second-order valence-corrected chi connectivity index (χ2v) is 7.04. The number of phenols is 1. The molecular weight excluding hydrogens is 244 g/mol. The molecule has 0 atom stereocenters. The molecule has 0 saturated carbocycles. The zero-order valence-corrected chi connectivity index (χ0v) is 13.8. The zero-order chi connectivity index (χ0) is 15.2. The highest BCUT2D eigenvalue weighted by Crippen LogP contribution is 2.47. The van der Waals surface area contributed by atoms with Crippen molar-refractivity contribution in [2.75, 3.05) is 0 Å². The van der Waals surface area contributed by atoms with E-state index in [2.05, 4.69) is 60.6 Å². The predicted octanol–water partition coefficient (Wildman–Crippen LogP) is 5.46. The van der Waals surface area contributed by atoms with Crippen LogP contribution in [0, 0.1) is 0 Å². The number of rotatable bonds is 1. The van der Waals surface area contributed by atoms with E-state index in [1.165, 1.54) is 22.3 Å². The van der Waals surface area contributed by atoms with Crippen molar-refractivity contribution in [3.05, 3.63) is 51.6 Å². The summed E-state index contributed by atoms with van der Waals surface area (Å²) >= 11 is 0. The molecule has 0 saturated heterocycles. The maximum Gasteiger partial charge on any atom is 0.123 e. The van der Waals surface area contributed by atoms with Crippen LogP contribution in [0.5, 0.6) is 5.75 Å². The highest BCUT2D eigenvalue weighted by molar-refractivity contribution is 5.58. The van der Waals surface area contributed by atoms with Crippen LogP contribution in [0.1, 0.15) is 65.5 Å². The fourth-order valence-corrected chi connectivity index (χ4v) is 3.22. The van der Waals surface area contributed by atoms with Gasteiger partial charge in [0.05, 0.1) is 0 Å². The lowest BCUT2D eigenvalue weighted by Crippen LogP contribution is -2.13. The van der Waals surface area contributed by atoms with E-state index in [0.29, 0.717) is 5.75 Å². The van der Waals surface area contributed by atoms with E-state index in [1.807, 2.05) is 6.07 Å². The highest BCUT2D eigenvalue weighted by Gasteiger charge is 2.30. The van der Waals surface area contributed by atoms with Crippen molar-refractivity contribution in [1.82, 2.24) is 0 Å². The fraction of sp³-hybridized carbons (Fsp3) is 0.474. The van der Waals surface area contributed by atoms with Crippen molar-refractivity contribution in [3.8, 4) is 5.75 Å². The maximum absolute atomic E-state index is 10.7. The van der Waals surface area contributed by atoms with E-state index >= 15 is 0 Å². The second-order valence-electron chi connectivity index (χ2n) is 7.04. The molecule has 0 amide bonds. The SMILES string of the molecule is CC1=C(C)C(c2cccc(C(C)(C)C)c2O)C(C)=C1C. The Morgan fingerprint density at radius 3 is 1.85 bits per heavy atom. The third-order valence-corrected chi connectivity index (χ3v) is 4.80. The average Bonchev–Trinajstić information content (AvgIpc) is 2.54. The van der Waals surface area contributed by atoms with Gasteiger partial charge in [-0.15, -0.1) is 0 Å². The van der Waals surface area contributed by atoms with Crippen LogP contribution < -0.4 is 0 Å². The van der Waals surface area contributed by atoms with Crippen molar-refractivity contribution in [3.63, 3.8) is 0 Å². The van der Waals surface area contributed by atoms with Gasteiger partial charge in [0, 0.05) is 11.5 Å². The maximum atomic E-state index is 10.7. The highest BCUT2D eigenvalue weighted by atomic mass is 16.3. The van der Waals surface area contributed by atoms with Crippen LogP contribution >= 0.6 is 0 Å². The molecule has 0 unspecified atom stereocenters. The molecule has 0 radical (unpaired) electrons. The van der Waals surface area contributed by atoms with Gasteiger partial charge in [0.15, 0.2) is 0 Å². The number of phenolic OH excluding ortho intramolecular Hbond substituents is 1. The molecule has 1 aromatic carbocycles. The molecule has 0 heterocycles. The van der Waals surface area contributed by atoms with Crippen LogP contribution in [-0.2, 0) is 5.41 Å². The summed E-state index contributed by atoms with van der Waals surface area (Å²) in [5.41, 5.74) is 7.49. The summed E-state index contributed by atoms with van der Waals surface area (Å²) in [4.78, 5) is 0. The summed E-state index contributed by atoms with van der Waals surface area (Å²) < 4.78 is 0. The molecule has 1 aromatic rings. The topological polar surface area (TPSA) is 20.2 Å². The third kappa shape index (κ3) is 2.19. The van der Waals surface area contributed by atoms with Gasteiger partial charge in [0.1, 0.15) is 5.75 Å². The molecule has 0 fully saturated rings. The Morgan fingerprint density at radius 1 is 0.900 bits per heavy atom.